The van der Waals surface area contributed by atoms with Gasteiger partial charge in [0, 0.05) is 31.0 Å². The molecule has 3 rings (SSSR count). The van der Waals surface area contributed by atoms with Gasteiger partial charge in [0.05, 0.1) is 6.61 Å². The molecule has 2 saturated heterocycles. The number of likely N-dealkylation sites (N-methyl/N-ethyl adjacent to an activating group) is 1. The molecule has 0 spiro atoms. The Balaban J connectivity index is 1.75. The van der Waals surface area contributed by atoms with E-state index in [1.165, 1.54) is 6.42 Å². The molecule has 2 atom stereocenters. The number of aromatic nitrogens is 2. The largest absolute Gasteiger partial charge is 0.396 e. The third-order valence-corrected chi connectivity index (χ3v) is 5.22. The lowest BCUT2D eigenvalue weighted by atomic mass is 9.69. The molecule has 1 aromatic heterocycles. The van der Waals surface area contributed by atoms with Crippen LogP contribution in [0.3, 0.4) is 0 Å². The Labute approximate surface area is 126 Å². The van der Waals surface area contributed by atoms with Crippen LogP contribution in [0.5, 0.6) is 0 Å². The summed E-state index contributed by atoms with van der Waals surface area (Å²) in [7, 11) is 2.16. The molecule has 0 bridgehead atoms. The molecule has 1 N–H and O–H groups in total. The van der Waals surface area contributed by atoms with Crippen LogP contribution in [0.1, 0.15) is 38.5 Å². The fraction of sp³-hybridized carbons (Fsp3) is 0.867. The van der Waals surface area contributed by atoms with Crippen molar-refractivity contribution >= 4 is 5.95 Å². The van der Waals surface area contributed by atoms with Gasteiger partial charge in [-0.25, -0.2) is 0 Å². The van der Waals surface area contributed by atoms with Crippen LogP contribution in [0.25, 0.3) is 0 Å². The number of hydrogen-bond donors (Lipinski definition) is 1. The van der Waals surface area contributed by atoms with Crippen LogP contribution in [-0.2, 0) is 6.42 Å². The predicted octanol–water partition coefficient (Wildman–Crippen LogP) is 1.31. The van der Waals surface area contributed by atoms with E-state index in [0.717, 1.165) is 51.2 Å². The van der Waals surface area contributed by atoms with Gasteiger partial charge in [0.1, 0.15) is 0 Å². The van der Waals surface area contributed by atoms with E-state index < -0.39 is 0 Å². The summed E-state index contributed by atoms with van der Waals surface area (Å²) >= 11 is 0. The molecule has 0 radical (unpaired) electrons. The van der Waals surface area contributed by atoms with Crippen LogP contribution in [0.2, 0.25) is 0 Å². The van der Waals surface area contributed by atoms with Crippen molar-refractivity contribution < 1.29 is 9.63 Å². The lowest BCUT2D eigenvalue weighted by molar-refractivity contribution is -0.0279. The highest BCUT2D eigenvalue weighted by Crippen LogP contribution is 2.42. The maximum atomic E-state index is 9.93. The summed E-state index contributed by atoms with van der Waals surface area (Å²) in [6.07, 6.45) is 5.15. The lowest BCUT2D eigenvalue weighted by Crippen LogP contribution is -2.61. The van der Waals surface area contributed by atoms with E-state index in [-0.39, 0.29) is 12.0 Å². The Morgan fingerprint density at radius 3 is 3.00 bits per heavy atom. The molecule has 6 nitrogen and oxygen atoms in total. The number of aliphatic hydroxyl groups excluding tert-OH is 1. The van der Waals surface area contributed by atoms with Gasteiger partial charge in [0.2, 0.25) is 5.89 Å². The number of rotatable bonds is 4. The molecule has 1 aromatic rings. The highest BCUT2D eigenvalue weighted by Gasteiger charge is 2.47. The summed E-state index contributed by atoms with van der Waals surface area (Å²) in [5, 5.41) is 14.1. The highest BCUT2D eigenvalue weighted by atomic mass is 16.5. The quantitative estimate of drug-likeness (QED) is 0.903. The van der Waals surface area contributed by atoms with Gasteiger partial charge in [0.25, 0.3) is 5.95 Å². The molecule has 0 aliphatic carbocycles. The second-order valence-corrected chi connectivity index (χ2v) is 6.55. The van der Waals surface area contributed by atoms with Crippen LogP contribution in [0.4, 0.5) is 5.95 Å². The van der Waals surface area contributed by atoms with Crippen LogP contribution in [-0.4, -0.2) is 59.5 Å². The maximum absolute atomic E-state index is 9.93. The first kappa shape index (κ1) is 14.8. The molecular weight excluding hydrogens is 268 g/mol. The van der Waals surface area contributed by atoms with Crippen molar-refractivity contribution in [3.8, 4) is 0 Å². The maximum Gasteiger partial charge on any atom is 0.266 e. The molecule has 2 aliphatic heterocycles. The van der Waals surface area contributed by atoms with E-state index in [9.17, 15) is 5.11 Å². The first-order valence-corrected chi connectivity index (χ1v) is 8.07. The zero-order valence-corrected chi connectivity index (χ0v) is 13.1. The van der Waals surface area contributed by atoms with Crippen molar-refractivity contribution in [2.75, 3.05) is 38.2 Å². The van der Waals surface area contributed by atoms with Gasteiger partial charge in [-0.3, -0.25) is 0 Å². The van der Waals surface area contributed by atoms with Crippen LogP contribution < -0.4 is 4.90 Å². The van der Waals surface area contributed by atoms with Crippen molar-refractivity contribution in [3.05, 3.63) is 5.89 Å². The third kappa shape index (κ3) is 2.66. The molecule has 0 saturated carbocycles. The Kier molecular flexibility index (Phi) is 4.17. The van der Waals surface area contributed by atoms with Crippen molar-refractivity contribution in [3.63, 3.8) is 0 Å². The fourth-order valence-electron chi connectivity index (χ4n) is 3.89. The van der Waals surface area contributed by atoms with Crippen molar-refractivity contribution in [1.29, 1.82) is 0 Å². The van der Waals surface area contributed by atoms with Crippen LogP contribution in [0.15, 0.2) is 4.52 Å². The highest BCUT2D eigenvalue weighted by molar-refractivity contribution is 5.30. The number of hydrogen-bond acceptors (Lipinski definition) is 6. The molecule has 2 aliphatic rings. The summed E-state index contributed by atoms with van der Waals surface area (Å²) < 4.78 is 5.31. The molecule has 0 aromatic carbocycles. The molecular formula is C15H26N4O2. The van der Waals surface area contributed by atoms with Crippen molar-refractivity contribution in [1.82, 2.24) is 15.0 Å². The SMILES string of the molecule is CCCc1nc(N2CC[C@@]3(CO)CCCN(C)[C@@H]3C2)no1. The average molecular weight is 294 g/mol. The minimum Gasteiger partial charge on any atom is -0.396 e. The topological polar surface area (TPSA) is 65.6 Å². The standard InChI is InChI=1S/C15H26N4O2/c1-3-5-13-16-14(17-21-13)19-9-7-15(11-20)6-4-8-18(2)12(15)10-19/h12,20H,3-11H2,1-2H3/t12-,15-/m1/s1. The van der Waals surface area contributed by atoms with Crippen LogP contribution >= 0.6 is 0 Å². The number of piperidine rings is 2. The first-order valence-electron chi connectivity index (χ1n) is 8.07. The van der Waals surface area contributed by atoms with E-state index in [0.29, 0.717) is 12.0 Å². The predicted molar refractivity (Wildman–Crippen MR) is 80.3 cm³/mol. The van der Waals surface area contributed by atoms with Crippen molar-refractivity contribution in [2.24, 2.45) is 5.41 Å². The van der Waals surface area contributed by atoms with Crippen LogP contribution in [0, 0.1) is 5.41 Å². The first-order chi connectivity index (χ1) is 10.2. The van der Waals surface area contributed by atoms with Gasteiger partial charge in [-0.2, -0.15) is 4.98 Å². The zero-order valence-electron chi connectivity index (χ0n) is 13.1. The van der Waals surface area contributed by atoms with Gasteiger partial charge in [-0.05, 0) is 44.4 Å². The Hall–Kier alpha value is -1.14. The number of likely N-dealkylation sites (tertiary alicyclic amines) is 1. The third-order valence-electron chi connectivity index (χ3n) is 5.22. The van der Waals surface area contributed by atoms with Gasteiger partial charge in [-0.15, -0.1) is 0 Å². The average Bonchev–Trinajstić information content (AvgIpc) is 2.96. The minimum absolute atomic E-state index is 0.0550. The second kappa shape index (κ2) is 5.93. The smallest absolute Gasteiger partial charge is 0.266 e. The summed E-state index contributed by atoms with van der Waals surface area (Å²) in [5.41, 5.74) is 0.0550. The minimum atomic E-state index is 0.0550. The van der Waals surface area contributed by atoms with Gasteiger partial charge in [-0.1, -0.05) is 6.92 Å². The Morgan fingerprint density at radius 1 is 1.38 bits per heavy atom. The van der Waals surface area contributed by atoms with Crippen molar-refractivity contribution in [2.45, 2.75) is 45.1 Å². The Bertz CT molecular complexity index is 478. The van der Waals surface area contributed by atoms with E-state index in [1.807, 2.05) is 0 Å². The van der Waals surface area contributed by atoms with E-state index in [1.54, 1.807) is 0 Å². The zero-order chi connectivity index (χ0) is 14.9. The van der Waals surface area contributed by atoms with Gasteiger partial charge in [0.15, 0.2) is 0 Å². The summed E-state index contributed by atoms with van der Waals surface area (Å²) in [6.45, 7) is 5.27. The van der Waals surface area contributed by atoms with E-state index >= 15 is 0 Å². The molecule has 6 heteroatoms. The number of aryl methyl sites for hydroxylation is 1. The lowest BCUT2D eigenvalue weighted by Gasteiger charge is -2.53. The molecule has 118 valence electrons. The summed E-state index contributed by atoms with van der Waals surface area (Å²) in [6, 6.07) is 0.373. The summed E-state index contributed by atoms with van der Waals surface area (Å²) in [5.74, 6) is 1.44. The monoisotopic (exact) mass is 294 g/mol. The number of anilines is 1. The molecule has 21 heavy (non-hydrogen) atoms. The van der Waals surface area contributed by atoms with Gasteiger partial charge < -0.3 is 19.4 Å². The molecule has 0 unspecified atom stereocenters. The normalized spacial score (nSPS) is 30.4. The molecule has 0 amide bonds. The molecule has 2 fully saturated rings. The summed E-state index contributed by atoms with van der Waals surface area (Å²) in [4.78, 5) is 9.10. The number of aliphatic hydroxyl groups is 1. The number of fused-ring (bicyclic) bond motifs is 1. The number of nitrogens with zero attached hydrogens (tertiary/aromatic N) is 4. The van der Waals surface area contributed by atoms with E-state index in [4.69, 9.17) is 4.52 Å². The van der Waals surface area contributed by atoms with E-state index in [2.05, 4.69) is 33.9 Å². The second-order valence-electron chi connectivity index (χ2n) is 6.55. The van der Waals surface area contributed by atoms with Gasteiger partial charge >= 0.3 is 0 Å². The fourth-order valence-corrected chi connectivity index (χ4v) is 3.89. The molecule has 3 heterocycles. The Morgan fingerprint density at radius 2 is 2.24 bits per heavy atom.